The molecule has 4 heteroatoms. The summed E-state index contributed by atoms with van der Waals surface area (Å²) in [7, 11) is 0. The maximum atomic E-state index is 11.1. The first-order valence-corrected chi connectivity index (χ1v) is 7.85. The van der Waals surface area contributed by atoms with Gasteiger partial charge in [0.15, 0.2) is 6.29 Å². The summed E-state index contributed by atoms with van der Waals surface area (Å²) in [6, 6.07) is 0. The normalized spacial score (nSPS) is 39.5. The molecular formula is C16H25NO3. The third kappa shape index (κ3) is 2.91. The first kappa shape index (κ1) is 14.1. The summed E-state index contributed by atoms with van der Waals surface area (Å²) in [5.74, 6) is 2.24. The predicted octanol–water partition coefficient (Wildman–Crippen LogP) is 1.98. The zero-order valence-corrected chi connectivity index (χ0v) is 12.0. The zero-order valence-electron chi connectivity index (χ0n) is 12.0. The van der Waals surface area contributed by atoms with Crippen molar-refractivity contribution in [2.24, 2.45) is 17.8 Å². The topological polar surface area (TPSA) is 58.6 Å². The van der Waals surface area contributed by atoms with Crippen LogP contribution < -0.4 is 5.32 Å². The molecule has 0 aromatic carbocycles. The highest BCUT2D eigenvalue weighted by molar-refractivity contribution is 5.86. The van der Waals surface area contributed by atoms with Gasteiger partial charge in [-0.2, -0.15) is 0 Å². The summed E-state index contributed by atoms with van der Waals surface area (Å²) in [5.41, 5.74) is -0.0728. The number of carbonyl (C=O) groups is 1. The molecule has 4 rings (SSSR count). The molecule has 0 aromatic heterocycles. The number of aliphatic hydroxyl groups is 1. The maximum Gasteiger partial charge on any atom is 0.243 e. The van der Waals surface area contributed by atoms with E-state index in [1.807, 2.05) is 0 Å². The number of rotatable bonds is 6. The lowest BCUT2D eigenvalue weighted by molar-refractivity contribution is -0.241. The SMILES string of the molecule is C=CC(=O)NCCC(O)OC12CC3CC(CC(C3)C1)C2. The van der Waals surface area contributed by atoms with Gasteiger partial charge in [-0.1, -0.05) is 6.58 Å². The molecule has 4 aliphatic rings. The van der Waals surface area contributed by atoms with Crippen molar-refractivity contribution in [2.45, 2.75) is 56.8 Å². The molecule has 2 N–H and O–H groups in total. The average Bonchev–Trinajstić information content (AvgIpc) is 2.36. The number of ether oxygens (including phenoxy) is 1. The standard InChI is InChI=1S/C16H25NO3/c1-2-14(18)17-4-3-15(19)20-16-8-11-5-12(9-16)7-13(6-11)10-16/h2,11-13,15,19H,1,3-10H2,(H,17,18). The Hall–Kier alpha value is -0.870. The molecule has 0 radical (unpaired) electrons. The van der Waals surface area contributed by atoms with Gasteiger partial charge in [0, 0.05) is 13.0 Å². The fourth-order valence-corrected chi connectivity index (χ4v) is 4.91. The average molecular weight is 279 g/mol. The van der Waals surface area contributed by atoms with Gasteiger partial charge in [-0.3, -0.25) is 4.79 Å². The summed E-state index contributed by atoms with van der Waals surface area (Å²) < 4.78 is 6.04. The molecule has 20 heavy (non-hydrogen) atoms. The third-order valence-corrected chi connectivity index (χ3v) is 5.24. The second kappa shape index (κ2) is 5.49. The Kier molecular flexibility index (Phi) is 3.87. The Bertz CT molecular complexity index is 358. The molecule has 0 aliphatic heterocycles. The van der Waals surface area contributed by atoms with E-state index in [0.717, 1.165) is 37.0 Å². The molecule has 0 saturated heterocycles. The van der Waals surface area contributed by atoms with Crippen molar-refractivity contribution in [1.29, 1.82) is 0 Å². The van der Waals surface area contributed by atoms with Crippen molar-refractivity contribution < 1.29 is 14.6 Å². The van der Waals surface area contributed by atoms with Gasteiger partial charge in [0.05, 0.1) is 5.60 Å². The number of aliphatic hydroxyl groups excluding tert-OH is 1. The Balaban J connectivity index is 1.50. The lowest BCUT2D eigenvalue weighted by Crippen LogP contribution is -2.53. The highest BCUT2D eigenvalue weighted by Gasteiger charge is 2.52. The first-order chi connectivity index (χ1) is 9.58. The Morgan fingerprint density at radius 3 is 2.35 bits per heavy atom. The number of carbonyl (C=O) groups excluding carboxylic acids is 1. The molecule has 4 saturated carbocycles. The molecule has 0 heterocycles. The van der Waals surface area contributed by atoms with E-state index in [-0.39, 0.29) is 11.5 Å². The van der Waals surface area contributed by atoms with Crippen LogP contribution >= 0.6 is 0 Å². The summed E-state index contributed by atoms with van der Waals surface area (Å²) in [6.45, 7) is 3.83. The lowest BCUT2D eigenvalue weighted by atomic mass is 9.54. The zero-order chi connectivity index (χ0) is 14.2. The van der Waals surface area contributed by atoms with Crippen LogP contribution in [0.15, 0.2) is 12.7 Å². The van der Waals surface area contributed by atoms with Crippen LogP contribution in [0.4, 0.5) is 0 Å². The van der Waals surface area contributed by atoms with Crippen molar-refractivity contribution >= 4 is 5.91 Å². The summed E-state index contributed by atoms with van der Waals surface area (Å²) >= 11 is 0. The maximum absolute atomic E-state index is 11.1. The van der Waals surface area contributed by atoms with Crippen molar-refractivity contribution in [3.63, 3.8) is 0 Å². The van der Waals surface area contributed by atoms with Gasteiger partial charge < -0.3 is 15.2 Å². The fourth-order valence-electron chi connectivity index (χ4n) is 4.91. The van der Waals surface area contributed by atoms with Crippen LogP contribution in [0.5, 0.6) is 0 Å². The Labute approximate surface area is 120 Å². The second-order valence-corrected chi connectivity index (χ2v) is 6.96. The fraction of sp³-hybridized carbons (Fsp3) is 0.812. The first-order valence-electron chi connectivity index (χ1n) is 7.85. The van der Waals surface area contributed by atoms with Crippen molar-refractivity contribution in [2.75, 3.05) is 6.54 Å². The van der Waals surface area contributed by atoms with E-state index < -0.39 is 6.29 Å². The van der Waals surface area contributed by atoms with E-state index in [4.69, 9.17) is 4.74 Å². The molecule has 4 bridgehead atoms. The molecule has 4 nitrogen and oxygen atoms in total. The van der Waals surface area contributed by atoms with Gasteiger partial charge in [0.2, 0.25) is 5.91 Å². The van der Waals surface area contributed by atoms with Gasteiger partial charge in [-0.15, -0.1) is 0 Å². The quantitative estimate of drug-likeness (QED) is 0.577. The van der Waals surface area contributed by atoms with Crippen molar-refractivity contribution in [3.8, 4) is 0 Å². The van der Waals surface area contributed by atoms with Crippen LogP contribution in [0.1, 0.15) is 44.9 Å². The predicted molar refractivity (Wildman–Crippen MR) is 75.8 cm³/mol. The molecule has 1 amide bonds. The van der Waals surface area contributed by atoms with Crippen molar-refractivity contribution in [1.82, 2.24) is 5.32 Å². The van der Waals surface area contributed by atoms with E-state index in [1.165, 1.54) is 25.3 Å². The van der Waals surface area contributed by atoms with Gasteiger partial charge in [0.25, 0.3) is 0 Å². The minimum Gasteiger partial charge on any atom is -0.368 e. The third-order valence-electron chi connectivity index (χ3n) is 5.24. The van der Waals surface area contributed by atoms with E-state index in [1.54, 1.807) is 0 Å². The van der Waals surface area contributed by atoms with Crippen LogP contribution in [0.3, 0.4) is 0 Å². The van der Waals surface area contributed by atoms with Gasteiger partial charge in [-0.25, -0.2) is 0 Å². The molecule has 4 fully saturated rings. The second-order valence-electron chi connectivity index (χ2n) is 6.96. The van der Waals surface area contributed by atoms with E-state index in [2.05, 4.69) is 11.9 Å². The molecule has 0 spiro atoms. The summed E-state index contributed by atoms with van der Waals surface area (Å²) in [4.78, 5) is 11.1. The van der Waals surface area contributed by atoms with Crippen LogP contribution in [-0.4, -0.2) is 29.4 Å². The Morgan fingerprint density at radius 1 is 1.30 bits per heavy atom. The molecule has 1 unspecified atom stereocenters. The van der Waals surface area contributed by atoms with Crippen LogP contribution in [0.2, 0.25) is 0 Å². The number of hydrogen-bond acceptors (Lipinski definition) is 3. The molecule has 4 aliphatic carbocycles. The monoisotopic (exact) mass is 279 g/mol. The minimum atomic E-state index is -0.767. The van der Waals surface area contributed by atoms with E-state index >= 15 is 0 Å². The largest absolute Gasteiger partial charge is 0.368 e. The van der Waals surface area contributed by atoms with E-state index in [9.17, 15) is 9.90 Å². The molecular weight excluding hydrogens is 254 g/mol. The number of nitrogens with one attached hydrogen (secondary N) is 1. The number of hydrogen-bond donors (Lipinski definition) is 2. The van der Waals surface area contributed by atoms with Crippen molar-refractivity contribution in [3.05, 3.63) is 12.7 Å². The van der Waals surface area contributed by atoms with E-state index in [0.29, 0.717) is 13.0 Å². The molecule has 1 atom stereocenters. The molecule has 112 valence electrons. The number of amides is 1. The van der Waals surface area contributed by atoms with Gasteiger partial charge in [-0.05, 0) is 62.4 Å². The minimum absolute atomic E-state index is 0.0728. The van der Waals surface area contributed by atoms with Crippen LogP contribution in [0.25, 0.3) is 0 Å². The highest BCUT2D eigenvalue weighted by atomic mass is 16.6. The van der Waals surface area contributed by atoms with Crippen LogP contribution in [0, 0.1) is 17.8 Å². The van der Waals surface area contributed by atoms with Gasteiger partial charge in [0.1, 0.15) is 0 Å². The summed E-state index contributed by atoms with van der Waals surface area (Å²) in [5, 5.41) is 12.8. The lowest BCUT2D eigenvalue weighted by Gasteiger charge is -2.56. The Morgan fingerprint density at radius 2 is 1.85 bits per heavy atom. The smallest absolute Gasteiger partial charge is 0.243 e. The molecule has 0 aromatic rings. The van der Waals surface area contributed by atoms with Gasteiger partial charge >= 0.3 is 0 Å². The highest BCUT2D eigenvalue weighted by Crippen LogP contribution is 2.57. The summed E-state index contributed by atoms with van der Waals surface area (Å²) in [6.07, 6.45) is 8.39. The van der Waals surface area contributed by atoms with Crippen LogP contribution in [-0.2, 0) is 9.53 Å².